The molecule has 2 aromatic carbocycles. The molecule has 0 saturated heterocycles. The lowest BCUT2D eigenvalue weighted by molar-refractivity contribution is -0.123. The molecule has 0 spiro atoms. The first-order chi connectivity index (χ1) is 14.7. The number of carbonyl (C=O) groups is 1. The molecule has 2 aromatic rings. The Kier molecular flexibility index (Phi) is 8.70. The number of nitrogens with one attached hydrogen (secondary N) is 2. The highest BCUT2D eigenvalue weighted by molar-refractivity contribution is 7.89. The Labute approximate surface area is 184 Å². The third kappa shape index (κ3) is 7.15. The fraction of sp³-hybridized carbons (Fsp3) is 0.409. The van der Waals surface area contributed by atoms with E-state index in [1.807, 2.05) is 18.2 Å². The van der Waals surface area contributed by atoms with Gasteiger partial charge in [0.05, 0.1) is 19.1 Å². The topological polar surface area (TPSA) is 103 Å². The van der Waals surface area contributed by atoms with E-state index in [0.717, 1.165) is 5.56 Å². The second-order valence-electron chi connectivity index (χ2n) is 7.28. The molecule has 0 radical (unpaired) electrons. The van der Waals surface area contributed by atoms with Gasteiger partial charge >= 0.3 is 0 Å². The lowest BCUT2D eigenvalue weighted by Crippen LogP contribution is -2.31. The molecule has 0 aliphatic carbocycles. The van der Waals surface area contributed by atoms with Crippen LogP contribution in [0.25, 0.3) is 0 Å². The van der Waals surface area contributed by atoms with Crippen molar-refractivity contribution < 1.29 is 27.4 Å². The summed E-state index contributed by atoms with van der Waals surface area (Å²) >= 11 is 0. The predicted molar refractivity (Wildman–Crippen MR) is 118 cm³/mol. The van der Waals surface area contributed by atoms with E-state index in [1.54, 1.807) is 41.1 Å². The molecule has 8 nitrogen and oxygen atoms in total. The van der Waals surface area contributed by atoms with Crippen molar-refractivity contribution in [1.29, 1.82) is 0 Å². The van der Waals surface area contributed by atoms with Crippen molar-refractivity contribution in [2.24, 2.45) is 0 Å². The summed E-state index contributed by atoms with van der Waals surface area (Å²) in [5.74, 6) is 1.48. The number of hydrogen-bond donors (Lipinski definition) is 2. The van der Waals surface area contributed by atoms with Crippen LogP contribution in [0.15, 0.2) is 41.3 Å². The predicted octanol–water partition coefficient (Wildman–Crippen LogP) is 2.44. The van der Waals surface area contributed by atoms with Crippen LogP contribution in [-0.4, -0.2) is 47.7 Å². The van der Waals surface area contributed by atoms with E-state index in [2.05, 4.69) is 10.0 Å². The zero-order chi connectivity index (χ0) is 23.0. The number of amides is 1. The number of ether oxygens (including phenoxy) is 3. The molecule has 0 atom stereocenters. The maximum atomic E-state index is 12.3. The van der Waals surface area contributed by atoms with Gasteiger partial charge in [-0.15, -0.1) is 0 Å². The molecular formula is C22H30N2O6S. The number of methoxy groups -OCH3 is 2. The molecular weight excluding hydrogens is 420 g/mol. The maximum absolute atomic E-state index is 12.3. The minimum absolute atomic E-state index is 0.158. The lowest BCUT2D eigenvalue weighted by Gasteiger charge is -2.13. The van der Waals surface area contributed by atoms with Gasteiger partial charge in [-0.25, -0.2) is 13.1 Å². The Hall–Kier alpha value is -2.78. The summed E-state index contributed by atoms with van der Waals surface area (Å²) in [6, 6.07) is 9.94. The van der Waals surface area contributed by atoms with Crippen LogP contribution in [0.5, 0.6) is 17.2 Å². The largest absolute Gasteiger partial charge is 0.493 e. The van der Waals surface area contributed by atoms with Crippen molar-refractivity contribution in [3.8, 4) is 17.2 Å². The van der Waals surface area contributed by atoms with E-state index in [0.29, 0.717) is 35.8 Å². The van der Waals surface area contributed by atoms with E-state index < -0.39 is 10.0 Å². The van der Waals surface area contributed by atoms with Crippen LogP contribution in [0, 0.1) is 6.92 Å². The third-order valence-corrected chi connectivity index (χ3v) is 6.05. The Morgan fingerprint density at radius 1 is 1.00 bits per heavy atom. The van der Waals surface area contributed by atoms with Gasteiger partial charge in [0.15, 0.2) is 18.1 Å². The minimum Gasteiger partial charge on any atom is -0.493 e. The quantitative estimate of drug-likeness (QED) is 0.545. The fourth-order valence-electron chi connectivity index (χ4n) is 2.91. The smallest absolute Gasteiger partial charge is 0.257 e. The third-order valence-electron chi connectivity index (χ3n) is 4.39. The average molecular weight is 451 g/mol. The van der Waals surface area contributed by atoms with Crippen molar-refractivity contribution in [1.82, 2.24) is 10.0 Å². The Balaban J connectivity index is 1.86. The number of benzene rings is 2. The SMILES string of the molecule is COc1ccc(CCNC(=O)COc2ccc(S(=O)(=O)NC(C)C)cc2C)cc1OC. The fourth-order valence-corrected chi connectivity index (χ4v) is 4.24. The van der Waals surface area contributed by atoms with E-state index in [4.69, 9.17) is 14.2 Å². The molecule has 0 bridgehead atoms. The minimum atomic E-state index is -3.58. The van der Waals surface area contributed by atoms with Crippen molar-refractivity contribution in [3.63, 3.8) is 0 Å². The van der Waals surface area contributed by atoms with E-state index in [9.17, 15) is 13.2 Å². The summed E-state index contributed by atoms with van der Waals surface area (Å²) < 4.78 is 43.1. The van der Waals surface area contributed by atoms with Crippen LogP contribution in [0.2, 0.25) is 0 Å². The summed E-state index contributed by atoms with van der Waals surface area (Å²) in [5, 5.41) is 2.80. The molecule has 2 N–H and O–H groups in total. The summed E-state index contributed by atoms with van der Waals surface area (Å²) in [6.07, 6.45) is 0.626. The molecule has 31 heavy (non-hydrogen) atoms. The first-order valence-electron chi connectivity index (χ1n) is 9.89. The Bertz CT molecular complexity index is 1010. The first-order valence-corrected chi connectivity index (χ1v) is 11.4. The summed E-state index contributed by atoms with van der Waals surface area (Å²) in [5.41, 5.74) is 1.63. The average Bonchev–Trinajstić information content (AvgIpc) is 2.71. The van der Waals surface area contributed by atoms with Crippen molar-refractivity contribution in [3.05, 3.63) is 47.5 Å². The van der Waals surface area contributed by atoms with Gasteiger partial charge < -0.3 is 19.5 Å². The van der Waals surface area contributed by atoms with Gasteiger partial charge in [0.2, 0.25) is 10.0 Å². The first kappa shape index (κ1) is 24.5. The van der Waals surface area contributed by atoms with Gasteiger partial charge in [-0.2, -0.15) is 0 Å². The van der Waals surface area contributed by atoms with Crippen molar-refractivity contribution >= 4 is 15.9 Å². The number of hydrogen-bond acceptors (Lipinski definition) is 6. The van der Waals surface area contributed by atoms with Gasteiger partial charge in [-0.3, -0.25) is 4.79 Å². The molecule has 0 heterocycles. The number of aryl methyl sites for hydroxylation is 1. The van der Waals surface area contributed by atoms with Crippen LogP contribution < -0.4 is 24.2 Å². The monoisotopic (exact) mass is 450 g/mol. The second-order valence-corrected chi connectivity index (χ2v) is 9.00. The molecule has 1 amide bonds. The van der Waals surface area contributed by atoms with Gasteiger partial charge in [-0.05, 0) is 68.7 Å². The lowest BCUT2D eigenvalue weighted by atomic mass is 10.1. The van der Waals surface area contributed by atoms with E-state index in [-0.39, 0.29) is 23.5 Å². The second kappa shape index (κ2) is 11.0. The number of sulfonamides is 1. The zero-order valence-electron chi connectivity index (χ0n) is 18.5. The Morgan fingerprint density at radius 2 is 1.68 bits per heavy atom. The van der Waals surface area contributed by atoms with Gasteiger partial charge in [-0.1, -0.05) is 6.07 Å². The number of carbonyl (C=O) groups excluding carboxylic acids is 1. The van der Waals surface area contributed by atoms with E-state index in [1.165, 1.54) is 12.1 Å². The summed E-state index contributed by atoms with van der Waals surface area (Å²) in [4.78, 5) is 12.3. The molecule has 9 heteroatoms. The van der Waals surface area contributed by atoms with Gasteiger partial charge in [0.25, 0.3) is 5.91 Å². The highest BCUT2D eigenvalue weighted by atomic mass is 32.2. The van der Waals surface area contributed by atoms with Crippen LogP contribution in [0.3, 0.4) is 0 Å². The molecule has 0 fully saturated rings. The molecule has 170 valence electrons. The standard InChI is InChI=1S/C22H30N2O6S/c1-15(2)24-31(26,27)18-7-9-19(16(3)12-18)30-14-22(25)23-11-10-17-6-8-20(28-4)21(13-17)29-5/h6-9,12-13,15,24H,10-11,14H2,1-5H3,(H,23,25). The van der Waals surface area contributed by atoms with E-state index >= 15 is 0 Å². The van der Waals surface area contributed by atoms with Crippen LogP contribution >= 0.6 is 0 Å². The van der Waals surface area contributed by atoms with Crippen LogP contribution in [0.4, 0.5) is 0 Å². The number of rotatable bonds is 11. The summed E-state index contributed by atoms with van der Waals surface area (Å²) in [7, 11) is -0.427. The summed E-state index contributed by atoms with van der Waals surface area (Å²) in [6.45, 7) is 5.52. The molecule has 0 unspecified atom stereocenters. The van der Waals surface area contributed by atoms with Crippen LogP contribution in [0.1, 0.15) is 25.0 Å². The van der Waals surface area contributed by atoms with Gasteiger partial charge in [0, 0.05) is 12.6 Å². The maximum Gasteiger partial charge on any atom is 0.257 e. The molecule has 0 aliphatic rings. The highest BCUT2D eigenvalue weighted by Crippen LogP contribution is 2.27. The normalized spacial score (nSPS) is 11.3. The van der Waals surface area contributed by atoms with Crippen molar-refractivity contribution in [2.45, 2.75) is 38.1 Å². The highest BCUT2D eigenvalue weighted by Gasteiger charge is 2.17. The Morgan fingerprint density at radius 3 is 2.29 bits per heavy atom. The molecule has 0 aromatic heterocycles. The van der Waals surface area contributed by atoms with Crippen LogP contribution in [-0.2, 0) is 21.2 Å². The molecule has 0 saturated carbocycles. The van der Waals surface area contributed by atoms with Crippen molar-refractivity contribution in [2.75, 3.05) is 27.4 Å². The molecule has 2 rings (SSSR count). The zero-order valence-corrected chi connectivity index (χ0v) is 19.3. The molecule has 0 aliphatic heterocycles. The van der Waals surface area contributed by atoms with Gasteiger partial charge in [0.1, 0.15) is 5.75 Å².